The highest BCUT2D eigenvalue weighted by Crippen LogP contribution is 2.11. The van der Waals surface area contributed by atoms with Crippen LogP contribution in [-0.4, -0.2) is 20.6 Å². The van der Waals surface area contributed by atoms with E-state index in [0.29, 0.717) is 11.4 Å². The van der Waals surface area contributed by atoms with E-state index in [1.54, 1.807) is 12.3 Å². The summed E-state index contributed by atoms with van der Waals surface area (Å²) < 4.78 is 1.87. The van der Waals surface area contributed by atoms with Gasteiger partial charge in [-0.05, 0) is 19.1 Å². The van der Waals surface area contributed by atoms with Gasteiger partial charge >= 0.3 is 0 Å². The van der Waals surface area contributed by atoms with Gasteiger partial charge in [-0.1, -0.05) is 11.6 Å². The first-order valence-corrected chi connectivity index (χ1v) is 4.79. The molecule has 0 fully saturated rings. The van der Waals surface area contributed by atoms with Crippen molar-refractivity contribution in [2.24, 2.45) is 5.73 Å². The fraction of sp³-hybridized carbons (Fsp3) is 0.333. The zero-order valence-corrected chi connectivity index (χ0v) is 8.57. The SMILES string of the molecule is CC(N)Cc1nnc2ccc(Cl)cn12. The minimum Gasteiger partial charge on any atom is -0.328 e. The van der Waals surface area contributed by atoms with E-state index >= 15 is 0 Å². The Hall–Kier alpha value is -1.13. The molecular weight excluding hydrogens is 200 g/mol. The van der Waals surface area contributed by atoms with Gasteiger partial charge in [0.15, 0.2) is 5.65 Å². The summed E-state index contributed by atoms with van der Waals surface area (Å²) in [6.45, 7) is 1.94. The lowest BCUT2D eigenvalue weighted by Gasteiger charge is -2.02. The number of nitrogens with two attached hydrogens (primary N) is 1. The number of halogens is 1. The summed E-state index contributed by atoms with van der Waals surface area (Å²) in [5.41, 5.74) is 6.49. The van der Waals surface area contributed by atoms with E-state index < -0.39 is 0 Å². The topological polar surface area (TPSA) is 56.2 Å². The summed E-state index contributed by atoms with van der Waals surface area (Å²) in [7, 11) is 0. The average Bonchev–Trinajstić information content (AvgIpc) is 2.47. The van der Waals surface area contributed by atoms with Crippen molar-refractivity contribution in [2.45, 2.75) is 19.4 Å². The average molecular weight is 211 g/mol. The Kier molecular flexibility index (Phi) is 2.39. The summed E-state index contributed by atoms with van der Waals surface area (Å²) in [6, 6.07) is 3.70. The lowest BCUT2D eigenvalue weighted by atomic mass is 10.2. The molecule has 2 rings (SSSR count). The minimum atomic E-state index is 0.0707. The smallest absolute Gasteiger partial charge is 0.160 e. The van der Waals surface area contributed by atoms with Crippen molar-refractivity contribution in [1.82, 2.24) is 14.6 Å². The number of pyridine rings is 1. The predicted octanol–water partition coefficient (Wildman–Crippen LogP) is 1.27. The molecule has 0 aliphatic rings. The number of hydrogen-bond acceptors (Lipinski definition) is 3. The zero-order chi connectivity index (χ0) is 10.1. The van der Waals surface area contributed by atoms with Crippen LogP contribution < -0.4 is 5.73 Å². The van der Waals surface area contributed by atoms with E-state index in [2.05, 4.69) is 10.2 Å². The molecule has 5 heteroatoms. The largest absolute Gasteiger partial charge is 0.328 e. The minimum absolute atomic E-state index is 0.0707. The van der Waals surface area contributed by atoms with Crippen molar-refractivity contribution >= 4 is 17.2 Å². The highest BCUT2D eigenvalue weighted by molar-refractivity contribution is 6.30. The molecule has 0 spiro atoms. The molecule has 4 nitrogen and oxygen atoms in total. The molecular formula is C9H11ClN4. The van der Waals surface area contributed by atoms with E-state index in [1.807, 2.05) is 17.4 Å². The molecule has 1 atom stereocenters. The van der Waals surface area contributed by atoms with Crippen LogP contribution in [-0.2, 0) is 6.42 Å². The van der Waals surface area contributed by atoms with Gasteiger partial charge < -0.3 is 5.73 Å². The predicted molar refractivity (Wildman–Crippen MR) is 55.4 cm³/mol. The van der Waals surface area contributed by atoms with Crippen molar-refractivity contribution in [3.8, 4) is 0 Å². The maximum Gasteiger partial charge on any atom is 0.160 e. The van der Waals surface area contributed by atoms with Crippen LogP contribution in [0.25, 0.3) is 5.65 Å². The first-order chi connectivity index (χ1) is 6.66. The van der Waals surface area contributed by atoms with Crippen LogP contribution in [0.1, 0.15) is 12.7 Å². The van der Waals surface area contributed by atoms with Gasteiger partial charge in [-0.25, -0.2) is 0 Å². The van der Waals surface area contributed by atoms with Gasteiger partial charge in [0.2, 0.25) is 0 Å². The van der Waals surface area contributed by atoms with Gasteiger partial charge in [-0.15, -0.1) is 10.2 Å². The van der Waals surface area contributed by atoms with Crippen molar-refractivity contribution in [2.75, 3.05) is 0 Å². The summed E-state index contributed by atoms with van der Waals surface area (Å²) in [6.07, 6.45) is 2.50. The van der Waals surface area contributed by atoms with E-state index in [0.717, 1.165) is 11.5 Å². The van der Waals surface area contributed by atoms with Crippen LogP contribution in [0.4, 0.5) is 0 Å². The Balaban J connectivity index is 2.50. The molecule has 2 heterocycles. The molecule has 0 bridgehead atoms. The molecule has 0 aliphatic carbocycles. The van der Waals surface area contributed by atoms with Crippen LogP contribution >= 0.6 is 11.6 Å². The second-order valence-electron chi connectivity index (χ2n) is 3.37. The third-order valence-corrected chi connectivity index (χ3v) is 2.16. The Morgan fingerprint density at radius 3 is 3.00 bits per heavy atom. The van der Waals surface area contributed by atoms with Crippen molar-refractivity contribution in [3.63, 3.8) is 0 Å². The second-order valence-corrected chi connectivity index (χ2v) is 3.81. The third-order valence-electron chi connectivity index (χ3n) is 1.94. The number of fused-ring (bicyclic) bond motifs is 1. The van der Waals surface area contributed by atoms with Crippen LogP contribution in [0, 0.1) is 0 Å². The Bertz CT molecular complexity index is 449. The molecule has 2 aromatic heterocycles. The Morgan fingerprint density at radius 2 is 2.29 bits per heavy atom. The molecule has 0 aromatic carbocycles. The van der Waals surface area contributed by atoms with E-state index in [-0.39, 0.29) is 6.04 Å². The molecule has 0 aliphatic heterocycles. The number of hydrogen-bond donors (Lipinski definition) is 1. The van der Waals surface area contributed by atoms with Crippen LogP contribution in [0.3, 0.4) is 0 Å². The molecule has 14 heavy (non-hydrogen) atoms. The number of aromatic nitrogens is 3. The number of rotatable bonds is 2. The van der Waals surface area contributed by atoms with Gasteiger partial charge in [0, 0.05) is 18.7 Å². The van der Waals surface area contributed by atoms with E-state index in [1.165, 1.54) is 0 Å². The van der Waals surface area contributed by atoms with Gasteiger partial charge in [-0.3, -0.25) is 4.40 Å². The normalized spacial score (nSPS) is 13.4. The highest BCUT2D eigenvalue weighted by Gasteiger charge is 2.07. The fourth-order valence-corrected chi connectivity index (χ4v) is 1.50. The molecule has 0 amide bonds. The summed E-state index contributed by atoms with van der Waals surface area (Å²) in [4.78, 5) is 0. The molecule has 1 unspecified atom stereocenters. The lowest BCUT2D eigenvalue weighted by Crippen LogP contribution is -2.19. The molecule has 2 N–H and O–H groups in total. The Morgan fingerprint density at radius 1 is 1.50 bits per heavy atom. The first-order valence-electron chi connectivity index (χ1n) is 4.41. The van der Waals surface area contributed by atoms with Gasteiger partial charge in [0.1, 0.15) is 5.82 Å². The van der Waals surface area contributed by atoms with Crippen LogP contribution in [0.5, 0.6) is 0 Å². The maximum absolute atomic E-state index is 5.88. The zero-order valence-electron chi connectivity index (χ0n) is 7.81. The van der Waals surface area contributed by atoms with Crippen molar-refractivity contribution in [1.29, 1.82) is 0 Å². The molecule has 0 saturated carbocycles. The van der Waals surface area contributed by atoms with Crippen molar-refractivity contribution in [3.05, 3.63) is 29.2 Å². The maximum atomic E-state index is 5.88. The number of nitrogens with zero attached hydrogens (tertiary/aromatic N) is 3. The summed E-state index contributed by atoms with van der Waals surface area (Å²) >= 11 is 5.88. The highest BCUT2D eigenvalue weighted by atomic mass is 35.5. The Labute approximate surface area is 86.7 Å². The molecule has 2 aromatic rings. The standard InChI is InChI=1S/C9H11ClN4/c1-6(11)4-9-13-12-8-3-2-7(10)5-14(8)9/h2-3,5-6H,4,11H2,1H3. The van der Waals surface area contributed by atoms with Crippen LogP contribution in [0.2, 0.25) is 5.02 Å². The van der Waals surface area contributed by atoms with E-state index in [9.17, 15) is 0 Å². The summed E-state index contributed by atoms with van der Waals surface area (Å²) in [5.74, 6) is 0.845. The molecule has 0 radical (unpaired) electrons. The van der Waals surface area contributed by atoms with E-state index in [4.69, 9.17) is 17.3 Å². The molecule has 0 saturated heterocycles. The van der Waals surface area contributed by atoms with Crippen LogP contribution in [0.15, 0.2) is 18.3 Å². The molecule has 74 valence electrons. The lowest BCUT2D eigenvalue weighted by molar-refractivity contribution is 0.695. The monoisotopic (exact) mass is 210 g/mol. The fourth-order valence-electron chi connectivity index (χ4n) is 1.34. The quantitative estimate of drug-likeness (QED) is 0.812. The second kappa shape index (κ2) is 3.55. The third kappa shape index (κ3) is 1.71. The summed E-state index contributed by atoms with van der Waals surface area (Å²) in [5, 5.41) is 8.73. The van der Waals surface area contributed by atoms with Crippen molar-refractivity contribution < 1.29 is 0 Å². The van der Waals surface area contributed by atoms with Gasteiger partial charge in [-0.2, -0.15) is 0 Å². The van der Waals surface area contributed by atoms with Gasteiger partial charge in [0.25, 0.3) is 0 Å². The first kappa shape index (κ1) is 9.43. The van der Waals surface area contributed by atoms with Gasteiger partial charge in [0.05, 0.1) is 5.02 Å².